The summed E-state index contributed by atoms with van der Waals surface area (Å²) in [6, 6.07) is 5.88. The second kappa shape index (κ2) is 6.74. The van der Waals surface area contributed by atoms with Crippen LogP contribution >= 0.6 is 11.6 Å². The van der Waals surface area contributed by atoms with Gasteiger partial charge in [0, 0.05) is 24.1 Å². The normalized spacial score (nSPS) is 12.5. The Labute approximate surface area is 101 Å². The van der Waals surface area contributed by atoms with Crippen molar-refractivity contribution in [1.29, 1.82) is 0 Å². The van der Waals surface area contributed by atoms with Gasteiger partial charge in [-0.3, -0.25) is 0 Å². The van der Waals surface area contributed by atoms with Gasteiger partial charge in [-0.2, -0.15) is 0 Å². The zero-order chi connectivity index (χ0) is 12.0. The molecule has 3 nitrogen and oxygen atoms in total. The molecular weight excluding hydrogens is 226 g/mol. The summed E-state index contributed by atoms with van der Waals surface area (Å²) in [6.45, 7) is 2.70. The Morgan fingerprint density at radius 2 is 2.25 bits per heavy atom. The molecule has 0 aliphatic rings. The topological polar surface area (TPSA) is 41.5 Å². The number of hydrogen-bond donors (Lipinski definition) is 2. The van der Waals surface area contributed by atoms with Crippen molar-refractivity contribution < 1.29 is 9.84 Å². The SMILES string of the molecule is CNC(C)c1ccc(OCCCO)cc1Cl. The van der Waals surface area contributed by atoms with Crippen molar-refractivity contribution in [3.63, 3.8) is 0 Å². The van der Waals surface area contributed by atoms with Crippen LogP contribution in [-0.4, -0.2) is 25.4 Å². The number of halogens is 1. The molecule has 2 N–H and O–H groups in total. The highest BCUT2D eigenvalue weighted by atomic mass is 35.5. The monoisotopic (exact) mass is 243 g/mol. The van der Waals surface area contributed by atoms with Crippen molar-refractivity contribution in [2.75, 3.05) is 20.3 Å². The van der Waals surface area contributed by atoms with Crippen molar-refractivity contribution in [1.82, 2.24) is 5.32 Å². The number of nitrogens with one attached hydrogen (secondary N) is 1. The van der Waals surface area contributed by atoms with E-state index in [1.807, 2.05) is 32.2 Å². The van der Waals surface area contributed by atoms with Crippen molar-refractivity contribution in [3.8, 4) is 5.75 Å². The van der Waals surface area contributed by atoms with E-state index < -0.39 is 0 Å². The Morgan fingerprint density at radius 3 is 2.81 bits per heavy atom. The average Bonchev–Trinajstić information content (AvgIpc) is 2.29. The quantitative estimate of drug-likeness (QED) is 0.754. The maximum atomic E-state index is 8.63. The molecule has 0 saturated carbocycles. The van der Waals surface area contributed by atoms with Gasteiger partial charge in [0.2, 0.25) is 0 Å². The van der Waals surface area contributed by atoms with E-state index in [4.69, 9.17) is 21.4 Å². The van der Waals surface area contributed by atoms with Crippen molar-refractivity contribution >= 4 is 11.6 Å². The third-order valence-electron chi connectivity index (χ3n) is 2.44. The summed E-state index contributed by atoms with van der Waals surface area (Å²) in [7, 11) is 1.90. The van der Waals surface area contributed by atoms with Gasteiger partial charge in [0.15, 0.2) is 0 Å². The Morgan fingerprint density at radius 1 is 1.50 bits per heavy atom. The van der Waals surface area contributed by atoms with Gasteiger partial charge in [0.05, 0.1) is 6.61 Å². The highest BCUT2D eigenvalue weighted by Crippen LogP contribution is 2.27. The number of aliphatic hydroxyl groups excluding tert-OH is 1. The van der Waals surface area contributed by atoms with Gasteiger partial charge in [-0.1, -0.05) is 17.7 Å². The summed E-state index contributed by atoms with van der Waals surface area (Å²) in [5.74, 6) is 0.741. The summed E-state index contributed by atoms with van der Waals surface area (Å²) in [6.07, 6.45) is 0.631. The third-order valence-corrected chi connectivity index (χ3v) is 2.77. The molecule has 0 spiro atoms. The predicted molar refractivity (Wildman–Crippen MR) is 66.1 cm³/mol. The Hall–Kier alpha value is -0.770. The van der Waals surface area contributed by atoms with Crippen LogP contribution in [0.2, 0.25) is 5.02 Å². The van der Waals surface area contributed by atoms with E-state index in [0.717, 1.165) is 11.3 Å². The minimum absolute atomic E-state index is 0.141. The highest BCUT2D eigenvalue weighted by molar-refractivity contribution is 6.31. The molecule has 1 aromatic carbocycles. The smallest absolute Gasteiger partial charge is 0.120 e. The minimum Gasteiger partial charge on any atom is -0.493 e. The molecule has 0 heterocycles. The van der Waals surface area contributed by atoms with Gasteiger partial charge in [-0.25, -0.2) is 0 Å². The lowest BCUT2D eigenvalue weighted by Gasteiger charge is -2.14. The van der Waals surface area contributed by atoms with Crippen LogP contribution in [0.25, 0.3) is 0 Å². The van der Waals surface area contributed by atoms with Crippen LogP contribution in [0, 0.1) is 0 Å². The number of aliphatic hydroxyl groups is 1. The molecule has 0 aromatic heterocycles. The largest absolute Gasteiger partial charge is 0.493 e. The molecule has 0 amide bonds. The summed E-state index contributed by atoms with van der Waals surface area (Å²) in [5, 5.41) is 12.5. The van der Waals surface area contributed by atoms with Gasteiger partial charge >= 0.3 is 0 Å². The maximum absolute atomic E-state index is 8.63. The number of benzene rings is 1. The predicted octanol–water partition coefficient (Wildman–Crippen LogP) is 2.38. The molecule has 4 heteroatoms. The minimum atomic E-state index is 0.141. The van der Waals surface area contributed by atoms with E-state index in [9.17, 15) is 0 Å². The first-order valence-electron chi connectivity index (χ1n) is 5.39. The van der Waals surface area contributed by atoms with Crippen LogP contribution in [0.4, 0.5) is 0 Å². The van der Waals surface area contributed by atoms with Crippen LogP contribution < -0.4 is 10.1 Å². The first-order chi connectivity index (χ1) is 7.69. The lowest BCUT2D eigenvalue weighted by Crippen LogP contribution is -2.12. The molecule has 16 heavy (non-hydrogen) atoms. The van der Waals surface area contributed by atoms with Gasteiger partial charge in [-0.15, -0.1) is 0 Å². The van der Waals surface area contributed by atoms with Crippen LogP contribution in [-0.2, 0) is 0 Å². The van der Waals surface area contributed by atoms with E-state index in [-0.39, 0.29) is 12.6 Å². The Balaban J connectivity index is 2.67. The van der Waals surface area contributed by atoms with E-state index in [0.29, 0.717) is 18.1 Å². The van der Waals surface area contributed by atoms with Gasteiger partial charge < -0.3 is 15.2 Å². The molecule has 0 saturated heterocycles. The van der Waals surface area contributed by atoms with Crippen LogP contribution in [0.3, 0.4) is 0 Å². The zero-order valence-electron chi connectivity index (χ0n) is 9.66. The maximum Gasteiger partial charge on any atom is 0.120 e. The fourth-order valence-electron chi connectivity index (χ4n) is 1.36. The number of ether oxygens (including phenoxy) is 1. The van der Waals surface area contributed by atoms with Crippen molar-refractivity contribution in [3.05, 3.63) is 28.8 Å². The van der Waals surface area contributed by atoms with E-state index in [1.165, 1.54) is 0 Å². The van der Waals surface area contributed by atoms with Crippen LogP contribution in [0.1, 0.15) is 24.9 Å². The molecular formula is C12H18ClNO2. The fraction of sp³-hybridized carbons (Fsp3) is 0.500. The fourth-order valence-corrected chi connectivity index (χ4v) is 1.69. The molecule has 1 rings (SSSR count). The first kappa shape index (κ1) is 13.3. The lowest BCUT2D eigenvalue weighted by atomic mass is 10.1. The second-order valence-corrected chi connectivity index (χ2v) is 4.03. The number of hydrogen-bond acceptors (Lipinski definition) is 3. The number of rotatable bonds is 6. The summed E-state index contributed by atoms with van der Waals surface area (Å²) in [4.78, 5) is 0. The molecule has 0 bridgehead atoms. The van der Waals surface area contributed by atoms with E-state index in [1.54, 1.807) is 0 Å². The molecule has 1 atom stereocenters. The third kappa shape index (κ3) is 3.67. The first-order valence-corrected chi connectivity index (χ1v) is 5.77. The second-order valence-electron chi connectivity index (χ2n) is 3.62. The Kier molecular flexibility index (Phi) is 5.60. The van der Waals surface area contributed by atoms with Crippen molar-refractivity contribution in [2.45, 2.75) is 19.4 Å². The summed E-state index contributed by atoms with van der Waals surface area (Å²) in [5.41, 5.74) is 1.05. The van der Waals surface area contributed by atoms with Crippen LogP contribution in [0.15, 0.2) is 18.2 Å². The van der Waals surface area contributed by atoms with Gasteiger partial charge in [0.1, 0.15) is 5.75 Å². The molecule has 0 fully saturated rings. The van der Waals surface area contributed by atoms with E-state index >= 15 is 0 Å². The summed E-state index contributed by atoms with van der Waals surface area (Å²) >= 11 is 6.15. The molecule has 1 unspecified atom stereocenters. The molecule has 0 radical (unpaired) electrons. The van der Waals surface area contributed by atoms with E-state index in [2.05, 4.69) is 5.32 Å². The van der Waals surface area contributed by atoms with Gasteiger partial charge in [-0.05, 0) is 31.7 Å². The van der Waals surface area contributed by atoms with Crippen molar-refractivity contribution in [2.24, 2.45) is 0 Å². The zero-order valence-corrected chi connectivity index (χ0v) is 10.4. The summed E-state index contributed by atoms with van der Waals surface area (Å²) < 4.78 is 5.43. The standard InChI is InChI=1S/C12H18ClNO2/c1-9(14-2)11-5-4-10(8-12(11)13)16-7-3-6-15/h4-5,8-9,14-15H,3,6-7H2,1-2H3. The lowest BCUT2D eigenvalue weighted by molar-refractivity contribution is 0.233. The molecule has 90 valence electrons. The molecule has 1 aromatic rings. The highest BCUT2D eigenvalue weighted by Gasteiger charge is 2.08. The average molecular weight is 244 g/mol. The molecule has 0 aliphatic heterocycles. The molecule has 0 aliphatic carbocycles. The van der Waals surface area contributed by atoms with Gasteiger partial charge in [0.25, 0.3) is 0 Å². The van der Waals surface area contributed by atoms with Crippen LogP contribution in [0.5, 0.6) is 5.75 Å². The Bertz CT molecular complexity index is 331.